The Balaban J connectivity index is 2.49. The van der Waals surface area contributed by atoms with Crippen molar-refractivity contribution in [1.29, 1.82) is 0 Å². The summed E-state index contributed by atoms with van der Waals surface area (Å²) in [5.41, 5.74) is -0.115. The third-order valence-corrected chi connectivity index (χ3v) is 10.6. The average molecular weight is 748 g/mol. The van der Waals surface area contributed by atoms with E-state index in [1.807, 2.05) is 0 Å². The van der Waals surface area contributed by atoms with E-state index < -0.39 is 10.9 Å². The molecule has 0 fully saturated rings. The average Bonchev–Trinajstić information content (AvgIpc) is 3.16. The molecule has 0 saturated carbocycles. The van der Waals surface area contributed by atoms with Crippen LogP contribution in [0.25, 0.3) is 0 Å². The number of carbonyl (C=O) groups excluding carboxylic acids is 2. The number of ether oxygens (including phenoxy) is 2. The van der Waals surface area contributed by atoms with Crippen molar-refractivity contribution in [2.24, 2.45) is 0 Å². The number of rotatable bonds is 38. The fraction of sp³-hybridized carbons (Fsp3) is 0.864. The second kappa shape index (κ2) is 33.0. The van der Waals surface area contributed by atoms with E-state index in [0.29, 0.717) is 30.8 Å². The molecule has 0 bridgehead atoms. The molecule has 2 N–H and O–H groups in total. The molecule has 0 aliphatic rings. The maximum atomic E-state index is 13.0. The van der Waals surface area contributed by atoms with Gasteiger partial charge in [0.15, 0.2) is 0 Å². The first-order valence-electron chi connectivity index (χ1n) is 22.2. The van der Waals surface area contributed by atoms with Gasteiger partial charge in [0.1, 0.15) is 23.6 Å². The van der Waals surface area contributed by atoms with Crippen LogP contribution in [-0.4, -0.2) is 62.3 Å². The summed E-state index contributed by atoms with van der Waals surface area (Å²) in [5.74, 6) is -0.107. The van der Waals surface area contributed by atoms with Crippen molar-refractivity contribution in [2.75, 3.05) is 43.9 Å². The van der Waals surface area contributed by atoms with E-state index in [1.165, 1.54) is 64.2 Å². The van der Waals surface area contributed by atoms with Crippen LogP contribution in [0.4, 0.5) is 11.4 Å². The third-order valence-electron chi connectivity index (χ3n) is 10.6. The van der Waals surface area contributed by atoms with Crippen LogP contribution in [0.5, 0.6) is 0 Å². The highest BCUT2D eigenvalue weighted by Gasteiger charge is 2.19. The van der Waals surface area contributed by atoms with Crippen molar-refractivity contribution >= 4 is 23.3 Å². The first-order chi connectivity index (χ1) is 25.8. The number of esters is 2. The quantitative estimate of drug-likeness (QED) is 0.0388. The van der Waals surface area contributed by atoms with Crippen molar-refractivity contribution in [1.82, 2.24) is 4.90 Å². The molecular formula is C44H81N3O6. The zero-order valence-corrected chi connectivity index (χ0v) is 35.0. The van der Waals surface area contributed by atoms with Gasteiger partial charge < -0.3 is 25.0 Å². The van der Waals surface area contributed by atoms with Crippen molar-refractivity contribution in [3.63, 3.8) is 0 Å². The predicted molar refractivity (Wildman–Crippen MR) is 223 cm³/mol. The minimum atomic E-state index is -0.451. The molecule has 0 aliphatic carbocycles. The fourth-order valence-corrected chi connectivity index (χ4v) is 7.08. The molecule has 53 heavy (non-hydrogen) atoms. The van der Waals surface area contributed by atoms with Gasteiger partial charge in [0.2, 0.25) is 0 Å². The van der Waals surface area contributed by atoms with E-state index in [0.717, 1.165) is 116 Å². The second-order valence-corrected chi connectivity index (χ2v) is 15.3. The lowest BCUT2D eigenvalue weighted by Gasteiger charge is -2.23. The number of nitrogens with one attached hydrogen (secondary N) is 2. The molecule has 308 valence electrons. The lowest BCUT2D eigenvalue weighted by atomic mass is 10.0. The summed E-state index contributed by atoms with van der Waals surface area (Å²) < 4.78 is 11.6. The maximum absolute atomic E-state index is 13.0. The van der Waals surface area contributed by atoms with Crippen LogP contribution in [-0.2, 0) is 19.1 Å². The van der Waals surface area contributed by atoms with Gasteiger partial charge in [-0.25, -0.2) is 0 Å². The van der Waals surface area contributed by atoms with Crippen molar-refractivity contribution in [3.05, 3.63) is 20.4 Å². The van der Waals surface area contributed by atoms with E-state index in [4.69, 9.17) is 9.47 Å². The molecule has 0 heterocycles. The molecule has 0 saturated heterocycles. The van der Waals surface area contributed by atoms with Crippen LogP contribution in [0, 0.1) is 0 Å². The van der Waals surface area contributed by atoms with Crippen LogP contribution in [0.3, 0.4) is 0 Å². The largest absolute Gasteiger partial charge is 0.462 e. The van der Waals surface area contributed by atoms with Gasteiger partial charge >= 0.3 is 11.9 Å². The van der Waals surface area contributed by atoms with Crippen LogP contribution in [0.1, 0.15) is 201 Å². The smallest absolute Gasteiger partial charge is 0.306 e. The molecule has 1 rings (SSSR count). The summed E-state index contributed by atoms with van der Waals surface area (Å²) in [7, 11) is 1.66. The number of nitrogens with zero attached hydrogens (tertiary/aromatic N) is 1. The number of hydrogen-bond donors (Lipinski definition) is 2. The topological polar surface area (TPSA) is 114 Å². The molecule has 0 spiro atoms. The molecule has 9 heteroatoms. The summed E-state index contributed by atoms with van der Waals surface area (Å²) >= 11 is 0. The van der Waals surface area contributed by atoms with Gasteiger partial charge in [-0.05, 0) is 90.3 Å². The monoisotopic (exact) mass is 748 g/mol. The molecule has 1 aromatic rings. The SMILES string of the molecule is CCCCCCCCC(CCCCCCCC)OC(=O)CCCCN(CCCCCCCCC(=O)OC(CC)CC)CCCNc1c(NC)c(=O)c1=O. The highest BCUT2D eigenvalue weighted by Crippen LogP contribution is 2.19. The molecule has 0 unspecified atom stereocenters. The Morgan fingerprint density at radius 3 is 1.47 bits per heavy atom. The highest BCUT2D eigenvalue weighted by molar-refractivity contribution is 5.73. The van der Waals surface area contributed by atoms with Gasteiger partial charge in [-0.2, -0.15) is 0 Å². The number of unbranched alkanes of at least 4 members (excludes halogenated alkanes) is 16. The molecule has 9 nitrogen and oxygen atoms in total. The van der Waals surface area contributed by atoms with E-state index in [1.54, 1.807) is 7.05 Å². The lowest BCUT2D eigenvalue weighted by Crippen LogP contribution is -2.37. The number of hydrogen-bond acceptors (Lipinski definition) is 9. The van der Waals surface area contributed by atoms with E-state index in [9.17, 15) is 19.2 Å². The molecule has 0 radical (unpaired) electrons. The Morgan fingerprint density at radius 2 is 0.943 bits per heavy atom. The van der Waals surface area contributed by atoms with E-state index >= 15 is 0 Å². The lowest BCUT2D eigenvalue weighted by molar-refractivity contribution is -0.150. The Labute approximate surface area is 324 Å². The molecule has 0 aromatic heterocycles. The molecule has 0 atom stereocenters. The predicted octanol–water partition coefficient (Wildman–Crippen LogP) is 10.5. The van der Waals surface area contributed by atoms with Crippen LogP contribution >= 0.6 is 0 Å². The maximum Gasteiger partial charge on any atom is 0.306 e. The molecular weight excluding hydrogens is 666 g/mol. The fourth-order valence-electron chi connectivity index (χ4n) is 7.08. The molecule has 1 aromatic carbocycles. The van der Waals surface area contributed by atoms with Gasteiger partial charge in [0.05, 0.1) is 0 Å². The van der Waals surface area contributed by atoms with Crippen molar-refractivity contribution in [3.8, 4) is 0 Å². The van der Waals surface area contributed by atoms with E-state index in [2.05, 4.69) is 43.2 Å². The third kappa shape index (κ3) is 23.9. The number of anilines is 2. The summed E-state index contributed by atoms with van der Waals surface area (Å²) in [6, 6.07) is 0. The summed E-state index contributed by atoms with van der Waals surface area (Å²) in [5, 5.41) is 5.98. The van der Waals surface area contributed by atoms with Crippen LogP contribution in [0.2, 0.25) is 0 Å². The first kappa shape index (κ1) is 48.6. The van der Waals surface area contributed by atoms with Gasteiger partial charge in [-0.15, -0.1) is 0 Å². The minimum absolute atomic E-state index is 0.0418. The Bertz CT molecular complexity index is 1100. The van der Waals surface area contributed by atoms with Gasteiger partial charge in [0.25, 0.3) is 10.9 Å². The molecule has 0 amide bonds. The van der Waals surface area contributed by atoms with Gasteiger partial charge in [-0.3, -0.25) is 19.2 Å². The first-order valence-corrected chi connectivity index (χ1v) is 22.2. The zero-order valence-electron chi connectivity index (χ0n) is 35.0. The standard InChI is InChI=1S/C44H81N3O6/c1-6-10-12-14-18-22-29-38(30-23-19-15-13-11-7-2)53-40(49)32-25-27-35-47(36-28-33-46-42-41(45-5)43(50)44(42)51)34-26-21-17-16-20-24-31-39(48)52-37(8-3)9-4/h37-38,45-46H,6-36H2,1-5H3. The second-order valence-electron chi connectivity index (χ2n) is 15.3. The van der Waals surface area contributed by atoms with Crippen molar-refractivity contribution in [2.45, 2.75) is 213 Å². The highest BCUT2D eigenvalue weighted by atomic mass is 16.5. The Morgan fingerprint density at radius 1 is 0.528 bits per heavy atom. The summed E-state index contributed by atoms with van der Waals surface area (Å²) in [6.45, 7) is 12.0. The normalized spacial score (nSPS) is 11.6. The van der Waals surface area contributed by atoms with Crippen molar-refractivity contribution < 1.29 is 19.1 Å². The minimum Gasteiger partial charge on any atom is -0.462 e. The molecule has 0 aliphatic heterocycles. The van der Waals surface area contributed by atoms with E-state index in [-0.39, 0.29) is 24.1 Å². The summed E-state index contributed by atoms with van der Waals surface area (Å²) in [4.78, 5) is 51.2. The number of carbonyl (C=O) groups is 2. The van der Waals surface area contributed by atoms with Crippen LogP contribution in [0.15, 0.2) is 9.59 Å². The van der Waals surface area contributed by atoms with Gasteiger partial charge in [0, 0.05) is 26.4 Å². The Kier molecular flexibility index (Phi) is 30.2. The van der Waals surface area contributed by atoms with Gasteiger partial charge in [-0.1, -0.05) is 118 Å². The summed E-state index contributed by atoms with van der Waals surface area (Å²) in [6.07, 6.45) is 29.0. The van der Waals surface area contributed by atoms with Crippen LogP contribution < -0.4 is 21.5 Å². The Hall–Kier alpha value is -2.42. The zero-order chi connectivity index (χ0) is 38.9.